The number of halogens is 2. The van der Waals surface area contributed by atoms with Gasteiger partial charge in [0.2, 0.25) is 0 Å². The summed E-state index contributed by atoms with van der Waals surface area (Å²) < 4.78 is 14.8. The Bertz CT molecular complexity index is 1360. The van der Waals surface area contributed by atoms with Crippen LogP contribution in [-0.4, -0.2) is 15.5 Å². The van der Waals surface area contributed by atoms with Crippen molar-refractivity contribution in [2.75, 3.05) is 5.32 Å². The van der Waals surface area contributed by atoms with Crippen molar-refractivity contribution in [1.82, 2.24) is 9.55 Å². The Morgan fingerprint density at radius 1 is 1.07 bits per heavy atom. The van der Waals surface area contributed by atoms with Crippen LogP contribution in [0, 0.1) is 19.7 Å². The minimum absolute atomic E-state index is 0.0335. The molecule has 1 amide bonds. The number of aromatic nitrogens is 2. The van der Waals surface area contributed by atoms with Crippen molar-refractivity contribution in [3.63, 3.8) is 0 Å². The van der Waals surface area contributed by atoms with Gasteiger partial charge in [-0.15, -0.1) is 0 Å². The second-order valence-corrected chi connectivity index (χ2v) is 7.30. The lowest BCUT2D eigenvalue weighted by Gasteiger charge is -2.14. The van der Waals surface area contributed by atoms with Gasteiger partial charge in [-0.3, -0.25) is 14.2 Å². The van der Waals surface area contributed by atoms with Crippen molar-refractivity contribution in [1.29, 1.82) is 0 Å². The van der Waals surface area contributed by atoms with E-state index in [9.17, 15) is 14.0 Å². The number of carbonyl (C=O) groups is 1. The molecule has 0 fully saturated rings. The lowest BCUT2D eigenvalue weighted by molar-refractivity contribution is 0.102. The van der Waals surface area contributed by atoms with Gasteiger partial charge in [-0.1, -0.05) is 23.7 Å². The van der Waals surface area contributed by atoms with Crippen molar-refractivity contribution in [3.05, 3.63) is 98.8 Å². The van der Waals surface area contributed by atoms with Crippen LogP contribution in [0.5, 0.6) is 0 Å². The van der Waals surface area contributed by atoms with Gasteiger partial charge in [0.05, 0.1) is 27.2 Å². The molecule has 3 aromatic carbocycles. The number of hydrogen-bond donors (Lipinski definition) is 1. The van der Waals surface area contributed by atoms with Gasteiger partial charge in [-0.05, 0) is 67.9 Å². The van der Waals surface area contributed by atoms with E-state index < -0.39 is 11.7 Å². The van der Waals surface area contributed by atoms with E-state index in [1.54, 1.807) is 43.3 Å². The van der Waals surface area contributed by atoms with Crippen LogP contribution in [0.3, 0.4) is 0 Å². The van der Waals surface area contributed by atoms with E-state index in [0.29, 0.717) is 28.1 Å². The number of benzene rings is 3. The number of rotatable bonds is 3. The van der Waals surface area contributed by atoms with Gasteiger partial charge >= 0.3 is 0 Å². The average Bonchev–Trinajstić information content (AvgIpc) is 2.70. The van der Waals surface area contributed by atoms with Crippen molar-refractivity contribution in [2.45, 2.75) is 13.8 Å². The maximum absolute atomic E-state index is 13.2. The highest BCUT2D eigenvalue weighted by molar-refractivity contribution is 6.34. The molecule has 0 spiro atoms. The van der Waals surface area contributed by atoms with Crippen LogP contribution in [-0.2, 0) is 0 Å². The van der Waals surface area contributed by atoms with E-state index in [1.165, 1.54) is 16.7 Å². The molecule has 30 heavy (non-hydrogen) atoms. The smallest absolute Gasteiger partial charge is 0.265 e. The Morgan fingerprint density at radius 2 is 1.83 bits per heavy atom. The van der Waals surface area contributed by atoms with Crippen molar-refractivity contribution in [2.24, 2.45) is 0 Å². The first kappa shape index (κ1) is 19.8. The minimum Gasteiger partial charge on any atom is -0.322 e. The normalized spacial score (nSPS) is 10.9. The van der Waals surface area contributed by atoms with Crippen LogP contribution in [0.2, 0.25) is 5.02 Å². The average molecular weight is 422 g/mol. The number of fused-ring (bicyclic) bond motifs is 1. The number of nitrogens with zero attached hydrogens (tertiary/aromatic N) is 2. The van der Waals surface area contributed by atoms with Gasteiger partial charge < -0.3 is 5.32 Å². The van der Waals surface area contributed by atoms with Crippen molar-refractivity contribution in [3.8, 4) is 5.69 Å². The largest absolute Gasteiger partial charge is 0.322 e. The molecule has 0 atom stereocenters. The number of aryl methyl sites for hydroxylation is 2. The third-order valence-electron chi connectivity index (χ3n) is 4.84. The van der Waals surface area contributed by atoms with Crippen LogP contribution in [0.4, 0.5) is 10.1 Å². The zero-order valence-electron chi connectivity index (χ0n) is 16.2. The molecule has 1 aromatic heterocycles. The number of carbonyl (C=O) groups excluding carboxylic acids is 1. The summed E-state index contributed by atoms with van der Waals surface area (Å²) in [5, 5.41) is 3.34. The monoisotopic (exact) mass is 421 g/mol. The molecular formula is C23H17ClFN3O2. The molecule has 0 aliphatic rings. The number of amides is 1. The van der Waals surface area contributed by atoms with Crippen molar-refractivity contribution >= 4 is 34.1 Å². The Balaban J connectivity index is 1.70. The molecule has 0 saturated carbocycles. The lowest BCUT2D eigenvalue weighted by atomic mass is 10.1. The Labute approximate surface area is 176 Å². The molecule has 0 unspecified atom stereocenters. The highest BCUT2D eigenvalue weighted by Gasteiger charge is 2.14. The van der Waals surface area contributed by atoms with E-state index in [2.05, 4.69) is 10.3 Å². The van der Waals surface area contributed by atoms with Crippen LogP contribution in [0.15, 0.2) is 65.5 Å². The Kier molecular flexibility index (Phi) is 5.10. The second-order valence-electron chi connectivity index (χ2n) is 6.89. The second kappa shape index (κ2) is 7.72. The first-order chi connectivity index (χ1) is 14.3. The maximum atomic E-state index is 13.2. The molecule has 0 saturated heterocycles. The van der Waals surface area contributed by atoms with E-state index in [-0.39, 0.29) is 16.1 Å². The molecule has 0 aliphatic heterocycles. The summed E-state index contributed by atoms with van der Waals surface area (Å²) in [6.45, 7) is 3.59. The topological polar surface area (TPSA) is 64.0 Å². The summed E-state index contributed by atoms with van der Waals surface area (Å²) >= 11 is 5.97. The molecule has 0 radical (unpaired) electrons. The van der Waals surface area contributed by atoms with E-state index >= 15 is 0 Å². The highest BCUT2D eigenvalue weighted by Crippen LogP contribution is 2.23. The van der Waals surface area contributed by atoms with Crippen LogP contribution in [0.25, 0.3) is 16.6 Å². The van der Waals surface area contributed by atoms with Crippen LogP contribution < -0.4 is 10.9 Å². The standard InChI is InChI=1S/C23H17ClFN3O2/c1-13-11-16(28-14(2)26-21-6-4-3-5-18(21)23(28)30)8-10-20(13)27-22(29)17-9-7-15(25)12-19(17)24/h3-12H,1-2H3,(H,27,29). The van der Waals surface area contributed by atoms with Crippen LogP contribution >= 0.6 is 11.6 Å². The van der Waals surface area contributed by atoms with Gasteiger partial charge in [0.25, 0.3) is 11.5 Å². The van der Waals surface area contributed by atoms with Gasteiger partial charge in [0.1, 0.15) is 11.6 Å². The summed E-state index contributed by atoms with van der Waals surface area (Å²) in [5.41, 5.74) is 2.61. The summed E-state index contributed by atoms with van der Waals surface area (Å²) in [5.74, 6) is -0.397. The number of nitrogens with one attached hydrogen (secondary N) is 1. The first-order valence-electron chi connectivity index (χ1n) is 9.21. The highest BCUT2D eigenvalue weighted by atomic mass is 35.5. The predicted octanol–water partition coefficient (Wildman–Crippen LogP) is 5.05. The molecule has 4 aromatic rings. The fourth-order valence-corrected chi connectivity index (χ4v) is 3.59. The molecule has 1 N–H and O–H groups in total. The number of hydrogen-bond acceptors (Lipinski definition) is 3. The SMILES string of the molecule is Cc1cc(-n2c(C)nc3ccccc3c2=O)ccc1NC(=O)c1ccc(F)cc1Cl. The lowest BCUT2D eigenvalue weighted by Crippen LogP contribution is -2.22. The van der Waals surface area contributed by atoms with Crippen LogP contribution in [0.1, 0.15) is 21.7 Å². The summed E-state index contributed by atoms with van der Waals surface area (Å²) in [6, 6.07) is 16.0. The fraction of sp³-hybridized carbons (Fsp3) is 0.0870. The van der Waals surface area contributed by atoms with Gasteiger partial charge in [0, 0.05) is 5.69 Å². The zero-order chi connectivity index (χ0) is 21.4. The zero-order valence-corrected chi connectivity index (χ0v) is 17.0. The third-order valence-corrected chi connectivity index (χ3v) is 5.15. The summed E-state index contributed by atoms with van der Waals surface area (Å²) in [4.78, 5) is 30.0. The molecular weight excluding hydrogens is 405 g/mol. The molecule has 0 aliphatic carbocycles. The quantitative estimate of drug-likeness (QED) is 0.503. The van der Waals surface area contributed by atoms with Gasteiger partial charge in [0.15, 0.2) is 0 Å². The van der Waals surface area contributed by atoms with E-state index in [0.717, 1.165) is 11.6 Å². The van der Waals surface area contributed by atoms with Crippen molar-refractivity contribution < 1.29 is 9.18 Å². The van der Waals surface area contributed by atoms with E-state index in [4.69, 9.17) is 11.6 Å². The first-order valence-corrected chi connectivity index (χ1v) is 9.59. The third kappa shape index (κ3) is 3.57. The molecule has 0 bridgehead atoms. The molecule has 7 heteroatoms. The summed E-state index contributed by atoms with van der Waals surface area (Å²) in [7, 11) is 0. The van der Waals surface area contributed by atoms with Gasteiger partial charge in [-0.25, -0.2) is 9.37 Å². The fourth-order valence-electron chi connectivity index (χ4n) is 3.34. The summed E-state index contributed by atoms with van der Waals surface area (Å²) in [6.07, 6.45) is 0. The predicted molar refractivity (Wildman–Crippen MR) is 116 cm³/mol. The Morgan fingerprint density at radius 3 is 2.57 bits per heavy atom. The number of anilines is 1. The molecule has 4 rings (SSSR count). The Hall–Kier alpha value is -3.51. The number of para-hydroxylation sites is 1. The molecule has 1 heterocycles. The van der Waals surface area contributed by atoms with Gasteiger partial charge in [-0.2, -0.15) is 0 Å². The molecule has 5 nitrogen and oxygen atoms in total. The maximum Gasteiger partial charge on any atom is 0.265 e. The molecule has 150 valence electrons. The van der Waals surface area contributed by atoms with E-state index in [1.807, 2.05) is 13.0 Å². The minimum atomic E-state index is -0.512.